The molecule has 0 saturated carbocycles. The van der Waals surface area contributed by atoms with Gasteiger partial charge in [-0.05, 0) is 56.2 Å². The Hall–Kier alpha value is -2.54. The van der Waals surface area contributed by atoms with E-state index in [4.69, 9.17) is 9.47 Å². The lowest BCUT2D eigenvalue weighted by Gasteiger charge is -2.12. The van der Waals surface area contributed by atoms with Gasteiger partial charge in [-0.1, -0.05) is 24.8 Å². The van der Waals surface area contributed by atoms with Crippen molar-refractivity contribution in [2.75, 3.05) is 13.2 Å². The Balaban J connectivity index is 1.94. The molecule has 2 aromatic rings. The van der Waals surface area contributed by atoms with Gasteiger partial charge in [0.1, 0.15) is 0 Å². The first-order chi connectivity index (χ1) is 13.1. The molecular weight excluding hydrogens is 362 g/mol. The number of nitrogens with zero attached hydrogens (tertiary/aromatic N) is 2. The molecule has 0 fully saturated rings. The highest BCUT2D eigenvalue weighted by Gasteiger charge is 2.14. The summed E-state index contributed by atoms with van der Waals surface area (Å²) in [7, 11) is 0. The summed E-state index contributed by atoms with van der Waals surface area (Å²) in [5.74, 6) is 1.19. The van der Waals surface area contributed by atoms with E-state index in [1.165, 1.54) is 11.8 Å². The van der Waals surface area contributed by atoms with Gasteiger partial charge in [0.05, 0.1) is 29.7 Å². The van der Waals surface area contributed by atoms with E-state index < -0.39 is 0 Å². The summed E-state index contributed by atoms with van der Waals surface area (Å²) in [4.78, 5) is 16.4. The standard InChI is InChI=1S/C20H25N3O3S/c1-4-12-26-17-10-9-16(13-18(17)25-5-2)14-22-23-20(24)15(3)27-19-8-6-7-11-21-19/h6-11,13-15H,4-5,12H2,1-3H3,(H,23,24)/b22-14+. The Morgan fingerprint density at radius 1 is 1.26 bits per heavy atom. The molecule has 6 nitrogen and oxygen atoms in total. The molecule has 1 aromatic carbocycles. The number of nitrogens with one attached hydrogen (secondary N) is 1. The summed E-state index contributed by atoms with van der Waals surface area (Å²) < 4.78 is 11.3. The molecule has 1 N–H and O–H groups in total. The molecule has 27 heavy (non-hydrogen) atoms. The summed E-state index contributed by atoms with van der Waals surface area (Å²) in [5, 5.41) is 4.54. The fourth-order valence-electron chi connectivity index (χ4n) is 2.12. The third-order valence-corrected chi connectivity index (χ3v) is 4.47. The lowest BCUT2D eigenvalue weighted by Crippen LogP contribution is -2.26. The van der Waals surface area contributed by atoms with Crippen LogP contribution in [-0.2, 0) is 4.79 Å². The lowest BCUT2D eigenvalue weighted by atomic mass is 10.2. The summed E-state index contributed by atoms with van der Waals surface area (Å²) in [6, 6.07) is 11.2. The Labute approximate surface area is 164 Å². The Kier molecular flexibility index (Phi) is 8.64. The van der Waals surface area contributed by atoms with E-state index in [1.807, 2.05) is 50.2 Å². The van der Waals surface area contributed by atoms with Crippen LogP contribution in [0.15, 0.2) is 52.7 Å². The number of rotatable bonds is 10. The van der Waals surface area contributed by atoms with Crippen molar-refractivity contribution in [1.29, 1.82) is 0 Å². The van der Waals surface area contributed by atoms with Gasteiger partial charge in [-0.3, -0.25) is 4.79 Å². The van der Waals surface area contributed by atoms with Crippen LogP contribution >= 0.6 is 11.8 Å². The van der Waals surface area contributed by atoms with Gasteiger partial charge < -0.3 is 9.47 Å². The van der Waals surface area contributed by atoms with Crippen LogP contribution in [-0.4, -0.2) is 35.6 Å². The predicted molar refractivity (Wildman–Crippen MR) is 109 cm³/mol. The zero-order chi connectivity index (χ0) is 19.5. The van der Waals surface area contributed by atoms with Gasteiger partial charge in [-0.15, -0.1) is 0 Å². The molecule has 2 rings (SSSR count). The quantitative estimate of drug-likeness (QED) is 0.380. The summed E-state index contributed by atoms with van der Waals surface area (Å²) in [6.07, 6.45) is 4.21. The first-order valence-corrected chi connectivity index (χ1v) is 9.82. The summed E-state index contributed by atoms with van der Waals surface area (Å²) >= 11 is 1.38. The van der Waals surface area contributed by atoms with Gasteiger partial charge in [0.2, 0.25) is 0 Å². The second kappa shape index (κ2) is 11.2. The van der Waals surface area contributed by atoms with Crippen molar-refractivity contribution in [2.45, 2.75) is 37.5 Å². The van der Waals surface area contributed by atoms with Gasteiger partial charge in [0.25, 0.3) is 5.91 Å². The first kappa shape index (κ1) is 20.8. The lowest BCUT2D eigenvalue weighted by molar-refractivity contribution is -0.120. The van der Waals surface area contributed by atoms with Crippen molar-refractivity contribution < 1.29 is 14.3 Å². The normalized spacial score (nSPS) is 12.0. The van der Waals surface area contributed by atoms with Crippen molar-refractivity contribution in [2.24, 2.45) is 5.10 Å². The van der Waals surface area contributed by atoms with Gasteiger partial charge in [-0.25, -0.2) is 10.4 Å². The molecule has 0 aliphatic rings. The number of hydrazone groups is 1. The van der Waals surface area contributed by atoms with Crippen LogP contribution in [0.1, 0.15) is 32.8 Å². The summed E-state index contributed by atoms with van der Waals surface area (Å²) in [6.45, 7) is 6.97. The van der Waals surface area contributed by atoms with Gasteiger partial charge in [0.15, 0.2) is 11.5 Å². The van der Waals surface area contributed by atoms with Crippen LogP contribution in [0.4, 0.5) is 0 Å². The third-order valence-electron chi connectivity index (χ3n) is 3.42. The van der Waals surface area contributed by atoms with Crippen molar-refractivity contribution in [3.05, 3.63) is 48.2 Å². The SMILES string of the molecule is CCCOc1ccc(/C=N/NC(=O)C(C)Sc2ccccn2)cc1OCC. The van der Waals surface area contributed by atoms with Crippen molar-refractivity contribution in [1.82, 2.24) is 10.4 Å². The average molecular weight is 388 g/mol. The number of ether oxygens (including phenoxy) is 2. The number of amides is 1. The molecule has 0 aliphatic heterocycles. The van der Waals surface area contributed by atoms with E-state index in [1.54, 1.807) is 12.4 Å². The maximum Gasteiger partial charge on any atom is 0.253 e. The predicted octanol–water partition coefficient (Wildman–Crippen LogP) is 3.90. The number of benzene rings is 1. The van der Waals surface area contributed by atoms with E-state index in [2.05, 4.69) is 22.4 Å². The highest BCUT2D eigenvalue weighted by molar-refractivity contribution is 8.00. The minimum atomic E-state index is -0.305. The molecule has 1 aromatic heterocycles. The van der Waals surface area contributed by atoms with Crippen LogP contribution in [0.3, 0.4) is 0 Å². The number of hydrogen-bond acceptors (Lipinski definition) is 6. The fourth-order valence-corrected chi connectivity index (χ4v) is 2.92. The van der Waals surface area contributed by atoms with E-state index in [0.717, 1.165) is 17.0 Å². The molecular formula is C20H25N3O3S. The van der Waals surface area contributed by atoms with Crippen LogP contribution < -0.4 is 14.9 Å². The van der Waals surface area contributed by atoms with E-state index in [0.29, 0.717) is 24.7 Å². The Morgan fingerprint density at radius 3 is 2.81 bits per heavy atom. The maximum absolute atomic E-state index is 12.2. The van der Waals surface area contributed by atoms with Crippen LogP contribution in [0.2, 0.25) is 0 Å². The number of aromatic nitrogens is 1. The van der Waals surface area contributed by atoms with Gasteiger partial charge >= 0.3 is 0 Å². The average Bonchev–Trinajstić information content (AvgIpc) is 2.68. The molecule has 7 heteroatoms. The topological polar surface area (TPSA) is 72.8 Å². The van der Waals surface area contributed by atoms with Crippen molar-refractivity contribution >= 4 is 23.9 Å². The molecule has 1 unspecified atom stereocenters. The fraction of sp³-hybridized carbons (Fsp3) is 0.350. The molecule has 1 heterocycles. The highest BCUT2D eigenvalue weighted by atomic mass is 32.2. The number of carbonyl (C=O) groups excluding carboxylic acids is 1. The van der Waals surface area contributed by atoms with Crippen LogP contribution in [0.5, 0.6) is 11.5 Å². The second-order valence-corrected chi connectivity index (χ2v) is 7.01. The number of thioether (sulfide) groups is 1. The smallest absolute Gasteiger partial charge is 0.253 e. The molecule has 0 saturated heterocycles. The molecule has 1 amide bonds. The first-order valence-electron chi connectivity index (χ1n) is 8.94. The minimum absolute atomic E-state index is 0.185. The monoisotopic (exact) mass is 387 g/mol. The molecule has 0 bridgehead atoms. The molecule has 1 atom stereocenters. The molecule has 144 valence electrons. The van der Waals surface area contributed by atoms with E-state index >= 15 is 0 Å². The second-order valence-electron chi connectivity index (χ2n) is 5.65. The largest absolute Gasteiger partial charge is 0.490 e. The third kappa shape index (κ3) is 6.94. The number of pyridine rings is 1. The number of carbonyl (C=O) groups is 1. The zero-order valence-electron chi connectivity index (χ0n) is 15.8. The van der Waals surface area contributed by atoms with Crippen LogP contribution in [0.25, 0.3) is 0 Å². The van der Waals surface area contributed by atoms with E-state index in [-0.39, 0.29) is 11.2 Å². The van der Waals surface area contributed by atoms with Crippen LogP contribution in [0, 0.1) is 0 Å². The van der Waals surface area contributed by atoms with Crippen molar-refractivity contribution in [3.8, 4) is 11.5 Å². The molecule has 0 radical (unpaired) electrons. The van der Waals surface area contributed by atoms with Gasteiger partial charge in [-0.2, -0.15) is 5.10 Å². The Morgan fingerprint density at radius 2 is 2.11 bits per heavy atom. The van der Waals surface area contributed by atoms with E-state index in [9.17, 15) is 4.79 Å². The van der Waals surface area contributed by atoms with Crippen molar-refractivity contribution in [3.63, 3.8) is 0 Å². The summed E-state index contributed by atoms with van der Waals surface area (Å²) in [5.41, 5.74) is 3.37. The number of hydrogen-bond donors (Lipinski definition) is 1. The zero-order valence-corrected chi connectivity index (χ0v) is 16.7. The van der Waals surface area contributed by atoms with Gasteiger partial charge in [0, 0.05) is 6.20 Å². The Bertz CT molecular complexity index is 753. The minimum Gasteiger partial charge on any atom is -0.490 e. The molecule has 0 aliphatic carbocycles. The molecule has 0 spiro atoms. The highest BCUT2D eigenvalue weighted by Crippen LogP contribution is 2.28. The maximum atomic E-state index is 12.2.